The van der Waals surface area contributed by atoms with Gasteiger partial charge in [-0.3, -0.25) is 0 Å². The molecule has 0 saturated carbocycles. The predicted octanol–water partition coefficient (Wildman–Crippen LogP) is 3.39. The summed E-state index contributed by atoms with van der Waals surface area (Å²) in [6.45, 7) is 21.1. The molecule has 0 rings (SSSR count). The fourth-order valence-electron chi connectivity index (χ4n) is 0. The Labute approximate surface area is 100 Å². The van der Waals surface area contributed by atoms with E-state index in [0.29, 0.717) is 0 Å². The molecule has 0 heterocycles. The van der Waals surface area contributed by atoms with Crippen LogP contribution in [0.5, 0.6) is 0 Å². The van der Waals surface area contributed by atoms with Crippen LogP contribution >= 0.6 is 0 Å². The average Bonchev–Trinajstić information content (AvgIpc) is 1.12. The standard InChI is InChI=1S/2C4H11Si.Y/c2*1-5(2,3)4;/h2*1H2,2-4H3;/q2*-1;. The Morgan fingerprint density at radius 2 is 0.636 bits per heavy atom. The zero-order chi connectivity index (χ0) is 9.00. The van der Waals surface area contributed by atoms with Crippen LogP contribution in [-0.2, 0) is 32.7 Å². The van der Waals surface area contributed by atoms with Gasteiger partial charge in [0.05, 0.1) is 0 Å². The maximum atomic E-state index is 3.91. The fourth-order valence-corrected chi connectivity index (χ4v) is 0. The molecule has 0 unspecified atom stereocenters. The molecule has 0 aliphatic heterocycles. The van der Waals surface area contributed by atoms with Crippen molar-refractivity contribution in [1.82, 2.24) is 0 Å². The summed E-state index contributed by atoms with van der Waals surface area (Å²) in [5.41, 5.74) is 0. The second-order valence-corrected chi connectivity index (χ2v) is 15.4. The van der Waals surface area contributed by atoms with E-state index in [4.69, 9.17) is 0 Å². The monoisotopic (exact) mass is 263 g/mol. The van der Waals surface area contributed by atoms with E-state index in [9.17, 15) is 0 Å². The zero-order valence-electron chi connectivity index (χ0n) is 8.99. The molecule has 67 valence electrons. The Kier molecular flexibility index (Phi) is 11.7. The average molecular weight is 263 g/mol. The molecule has 0 saturated heterocycles. The largest absolute Gasteiger partial charge is 0.342 e. The molecular weight excluding hydrogens is 241 g/mol. The Morgan fingerprint density at radius 1 is 0.636 bits per heavy atom. The summed E-state index contributed by atoms with van der Waals surface area (Å²) >= 11 is 0. The molecule has 0 aromatic heterocycles. The van der Waals surface area contributed by atoms with Gasteiger partial charge in [-0.25, -0.2) is 0 Å². The number of hydrogen-bond acceptors (Lipinski definition) is 0. The summed E-state index contributed by atoms with van der Waals surface area (Å²) in [6, 6.07) is 0. The summed E-state index contributed by atoms with van der Waals surface area (Å²) < 4.78 is 0. The van der Waals surface area contributed by atoms with Crippen LogP contribution in [0.1, 0.15) is 0 Å². The first-order chi connectivity index (χ1) is 4.00. The van der Waals surface area contributed by atoms with Gasteiger partial charge in [0.15, 0.2) is 0 Å². The maximum Gasteiger partial charge on any atom is 0 e. The topological polar surface area (TPSA) is 0 Å². The van der Waals surface area contributed by atoms with Crippen molar-refractivity contribution in [1.29, 1.82) is 0 Å². The van der Waals surface area contributed by atoms with Gasteiger partial charge >= 0.3 is 0 Å². The molecule has 1 radical (unpaired) electrons. The molecule has 0 aromatic carbocycles. The van der Waals surface area contributed by atoms with Crippen molar-refractivity contribution in [3.05, 3.63) is 13.1 Å². The minimum Gasteiger partial charge on any atom is -0.342 e. The third-order valence-corrected chi connectivity index (χ3v) is 0. The van der Waals surface area contributed by atoms with Crippen LogP contribution in [0.3, 0.4) is 0 Å². The van der Waals surface area contributed by atoms with E-state index < -0.39 is 16.1 Å². The third kappa shape index (κ3) is 444. The van der Waals surface area contributed by atoms with Gasteiger partial charge in [-0.2, -0.15) is 0 Å². The molecule has 0 aliphatic rings. The minimum absolute atomic E-state index is 0. The Morgan fingerprint density at radius 3 is 0.636 bits per heavy atom. The van der Waals surface area contributed by atoms with Gasteiger partial charge in [0.1, 0.15) is 0 Å². The number of hydrogen-bond donors (Lipinski definition) is 0. The van der Waals surface area contributed by atoms with Crippen LogP contribution in [0.2, 0.25) is 39.3 Å². The molecule has 0 amide bonds. The molecule has 0 aliphatic carbocycles. The molecule has 0 N–H and O–H groups in total. The molecule has 0 nitrogen and oxygen atoms in total. The third-order valence-electron chi connectivity index (χ3n) is 0. The second-order valence-electron chi connectivity index (χ2n) is 5.12. The second kappa shape index (κ2) is 6.99. The van der Waals surface area contributed by atoms with Crippen LogP contribution < -0.4 is 0 Å². The van der Waals surface area contributed by atoms with E-state index in [0.717, 1.165) is 0 Å². The van der Waals surface area contributed by atoms with Crippen molar-refractivity contribution in [2.45, 2.75) is 39.3 Å². The quantitative estimate of drug-likeness (QED) is 0.464. The van der Waals surface area contributed by atoms with E-state index in [1.54, 1.807) is 0 Å². The van der Waals surface area contributed by atoms with Gasteiger partial charge in [-0.15, -0.1) is 16.1 Å². The Hall–Kier alpha value is 1.54. The van der Waals surface area contributed by atoms with Crippen molar-refractivity contribution < 1.29 is 32.7 Å². The SMILES string of the molecule is [CH2-][Si](C)(C)C.[CH2-][Si](C)(C)C.[Y]. The van der Waals surface area contributed by atoms with Crippen molar-refractivity contribution in [2.75, 3.05) is 0 Å². The molecule has 0 bridgehead atoms. The van der Waals surface area contributed by atoms with Crippen molar-refractivity contribution in [3.63, 3.8) is 0 Å². The van der Waals surface area contributed by atoms with Crippen LogP contribution in [-0.4, -0.2) is 16.1 Å². The van der Waals surface area contributed by atoms with E-state index in [2.05, 4.69) is 52.4 Å². The van der Waals surface area contributed by atoms with Crippen LogP contribution in [0.4, 0.5) is 0 Å². The molecular formula is C8H22Si2Y-2. The first-order valence-corrected chi connectivity index (χ1v) is 11.1. The summed E-state index contributed by atoms with van der Waals surface area (Å²) in [5, 5.41) is 0. The van der Waals surface area contributed by atoms with Gasteiger partial charge in [-0.05, 0) is 0 Å². The van der Waals surface area contributed by atoms with E-state index in [-0.39, 0.29) is 32.7 Å². The smallest absolute Gasteiger partial charge is 0 e. The van der Waals surface area contributed by atoms with Crippen molar-refractivity contribution in [3.8, 4) is 0 Å². The van der Waals surface area contributed by atoms with Crippen molar-refractivity contribution >= 4 is 16.1 Å². The van der Waals surface area contributed by atoms with E-state index in [1.165, 1.54) is 0 Å². The fraction of sp³-hybridized carbons (Fsp3) is 0.750. The van der Waals surface area contributed by atoms with Crippen molar-refractivity contribution in [2.24, 2.45) is 0 Å². The molecule has 3 heteroatoms. The van der Waals surface area contributed by atoms with Gasteiger partial charge < -0.3 is 13.1 Å². The van der Waals surface area contributed by atoms with Crippen LogP contribution in [0, 0.1) is 13.1 Å². The normalized spacial score (nSPS) is 10.9. The first kappa shape index (κ1) is 18.3. The van der Waals surface area contributed by atoms with Crippen LogP contribution in [0.25, 0.3) is 0 Å². The molecule has 0 aromatic rings. The van der Waals surface area contributed by atoms with E-state index in [1.807, 2.05) is 0 Å². The Balaban J connectivity index is -0.000000107. The van der Waals surface area contributed by atoms with Gasteiger partial charge in [0.25, 0.3) is 0 Å². The summed E-state index contributed by atoms with van der Waals surface area (Å²) in [4.78, 5) is 0. The van der Waals surface area contributed by atoms with Crippen LogP contribution in [0.15, 0.2) is 0 Å². The zero-order valence-corrected chi connectivity index (χ0v) is 13.8. The number of rotatable bonds is 0. The molecule has 11 heavy (non-hydrogen) atoms. The minimum atomic E-state index is -0.861. The summed E-state index contributed by atoms with van der Waals surface area (Å²) in [6.07, 6.45) is 0. The summed E-state index contributed by atoms with van der Waals surface area (Å²) in [5.74, 6) is 0. The Bertz CT molecular complexity index is 55.1. The molecule has 0 atom stereocenters. The maximum absolute atomic E-state index is 3.91. The van der Waals surface area contributed by atoms with E-state index >= 15 is 0 Å². The molecule has 0 spiro atoms. The van der Waals surface area contributed by atoms with Gasteiger partial charge in [0, 0.05) is 32.7 Å². The van der Waals surface area contributed by atoms with Gasteiger partial charge in [0.2, 0.25) is 0 Å². The predicted molar refractivity (Wildman–Crippen MR) is 57.4 cm³/mol. The van der Waals surface area contributed by atoms with Gasteiger partial charge in [-0.1, -0.05) is 39.3 Å². The molecule has 0 fully saturated rings. The first-order valence-electron chi connectivity index (χ1n) is 3.71. The summed E-state index contributed by atoms with van der Waals surface area (Å²) in [7, 11) is -1.72.